The molecule has 0 bridgehead atoms. The molecule has 0 unspecified atom stereocenters. The zero-order valence-electron chi connectivity index (χ0n) is 12.0. The van der Waals surface area contributed by atoms with Gasteiger partial charge in [0.25, 0.3) is 5.91 Å². The lowest BCUT2D eigenvalue weighted by Gasteiger charge is -2.12. The summed E-state index contributed by atoms with van der Waals surface area (Å²) in [6.07, 6.45) is 0. The lowest BCUT2D eigenvalue weighted by Crippen LogP contribution is -2.12. The highest BCUT2D eigenvalue weighted by atomic mass is 16.6. The van der Waals surface area contributed by atoms with Crippen molar-refractivity contribution in [1.29, 1.82) is 0 Å². The largest absolute Gasteiger partial charge is 0.494 e. The third-order valence-corrected chi connectivity index (χ3v) is 2.98. The molecule has 0 saturated carbocycles. The van der Waals surface area contributed by atoms with Crippen LogP contribution in [0.3, 0.4) is 0 Å². The molecule has 0 heterocycles. The van der Waals surface area contributed by atoms with Crippen LogP contribution in [0.15, 0.2) is 42.5 Å². The second-order valence-corrected chi connectivity index (χ2v) is 4.30. The molecular weight excluding hydrogens is 288 g/mol. The number of nitrogens with zero attached hydrogens (tertiary/aromatic N) is 1. The van der Waals surface area contributed by atoms with Gasteiger partial charge in [0.15, 0.2) is 5.75 Å². The van der Waals surface area contributed by atoms with Crippen molar-refractivity contribution in [2.45, 2.75) is 0 Å². The van der Waals surface area contributed by atoms with Crippen molar-refractivity contribution in [3.63, 3.8) is 0 Å². The summed E-state index contributed by atoms with van der Waals surface area (Å²) in [5.41, 5.74) is 0.512. The van der Waals surface area contributed by atoms with Gasteiger partial charge in [-0.25, -0.2) is 0 Å². The minimum absolute atomic E-state index is 0.0363. The third kappa shape index (κ3) is 3.14. The van der Waals surface area contributed by atoms with Gasteiger partial charge < -0.3 is 14.8 Å². The Morgan fingerprint density at radius 1 is 1.09 bits per heavy atom. The Hall–Kier alpha value is -3.09. The van der Waals surface area contributed by atoms with E-state index in [0.717, 1.165) is 0 Å². The van der Waals surface area contributed by atoms with Gasteiger partial charge in [0.05, 0.1) is 30.9 Å². The molecule has 0 aromatic heterocycles. The molecule has 0 aliphatic carbocycles. The molecule has 1 amide bonds. The zero-order valence-corrected chi connectivity index (χ0v) is 12.0. The zero-order chi connectivity index (χ0) is 16.1. The number of methoxy groups -OCH3 is 2. The number of hydrogen-bond acceptors (Lipinski definition) is 5. The van der Waals surface area contributed by atoms with E-state index in [-0.39, 0.29) is 23.1 Å². The first-order chi connectivity index (χ1) is 10.6. The Kier molecular flexibility index (Phi) is 4.57. The van der Waals surface area contributed by atoms with Crippen LogP contribution < -0.4 is 14.8 Å². The van der Waals surface area contributed by atoms with Crippen LogP contribution in [0.5, 0.6) is 11.5 Å². The van der Waals surface area contributed by atoms with Crippen LogP contribution in [-0.2, 0) is 0 Å². The van der Waals surface area contributed by atoms with E-state index in [1.807, 2.05) is 0 Å². The Morgan fingerprint density at radius 2 is 1.73 bits per heavy atom. The summed E-state index contributed by atoms with van der Waals surface area (Å²) in [6.45, 7) is 0. The third-order valence-electron chi connectivity index (χ3n) is 2.98. The smallest absolute Gasteiger partial charge is 0.314 e. The number of carbonyl (C=O) groups excluding carboxylic acids is 1. The SMILES string of the molecule is COc1cc([N+](=O)[O-])c(OC)cc1NC(=O)c1ccccc1. The molecule has 0 fully saturated rings. The van der Waals surface area contributed by atoms with Gasteiger partial charge in [-0.3, -0.25) is 14.9 Å². The molecule has 2 rings (SSSR count). The van der Waals surface area contributed by atoms with Crippen LogP contribution in [0.4, 0.5) is 11.4 Å². The second kappa shape index (κ2) is 6.57. The number of benzene rings is 2. The number of ether oxygens (including phenoxy) is 2. The number of rotatable bonds is 5. The summed E-state index contributed by atoms with van der Waals surface area (Å²) in [7, 11) is 2.68. The van der Waals surface area contributed by atoms with Gasteiger partial charge >= 0.3 is 5.69 Å². The van der Waals surface area contributed by atoms with Crippen molar-refractivity contribution in [3.05, 3.63) is 58.1 Å². The first kappa shape index (κ1) is 15.3. The number of nitrogens with one attached hydrogen (secondary N) is 1. The molecule has 0 spiro atoms. The van der Waals surface area contributed by atoms with Crippen molar-refractivity contribution in [2.75, 3.05) is 19.5 Å². The second-order valence-electron chi connectivity index (χ2n) is 4.30. The molecule has 22 heavy (non-hydrogen) atoms. The van der Waals surface area contributed by atoms with Crippen molar-refractivity contribution < 1.29 is 19.2 Å². The fourth-order valence-electron chi connectivity index (χ4n) is 1.91. The molecule has 1 N–H and O–H groups in total. The van der Waals surface area contributed by atoms with E-state index < -0.39 is 4.92 Å². The van der Waals surface area contributed by atoms with Crippen molar-refractivity contribution in [2.24, 2.45) is 0 Å². The molecule has 0 saturated heterocycles. The summed E-state index contributed by atoms with van der Waals surface area (Å²) in [5, 5.41) is 13.6. The van der Waals surface area contributed by atoms with Crippen LogP contribution >= 0.6 is 0 Å². The van der Waals surface area contributed by atoms with Gasteiger partial charge in [0.1, 0.15) is 5.75 Å². The van der Waals surface area contributed by atoms with E-state index in [0.29, 0.717) is 11.3 Å². The van der Waals surface area contributed by atoms with Crippen molar-refractivity contribution >= 4 is 17.3 Å². The van der Waals surface area contributed by atoms with Crippen molar-refractivity contribution in [3.8, 4) is 11.5 Å². The average molecular weight is 302 g/mol. The molecule has 114 valence electrons. The van der Waals surface area contributed by atoms with Gasteiger partial charge in [0.2, 0.25) is 0 Å². The average Bonchev–Trinajstić information content (AvgIpc) is 2.54. The van der Waals surface area contributed by atoms with E-state index >= 15 is 0 Å². The molecule has 7 heteroatoms. The predicted molar refractivity (Wildman–Crippen MR) is 80.6 cm³/mol. The Morgan fingerprint density at radius 3 is 2.27 bits per heavy atom. The summed E-state index contributed by atoms with van der Waals surface area (Å²) < 4.78 is 10.1. The lowest BCUT2D eigenvalue weighted by molar-refractivity contribution is -0.385. The van der Waals surface area contributed by atoms with E-state index in [2.05, 4.69) is 5.32 Å². The van der Waals surface area contributed by atoms with Crippen LogP contribution in [0.2, 0.25) is 0 Å². The Balaban J connectivity index is 2.38. The maximum atomic E-state index is 12.2. The first-order valence-electron chi connectivity index (χ1n) is 6.33. The highest BCUT2D eigenvalue weighted by molar-refractivity contribution is 6.05. The molecular formula is C15H14N2O5. The topological polar surface area (TPSA) is 90.7 Å². The van der Waals surface area contributed by atoms with E-state index in [9.17, 15) is 14.9 Å². The van der Waals surface area contributed by atoms with Crippen LogP contribution in [0.25, 0.3) is 0 Å². The maximum absolute atomic E-state index is 12.2. The normalized spacial score (nSPS) is 9.91. The van der Waals surface area contributed by atoms with Crippen LogP contribution in [0.1, 0.15) is 10.4 Å². The first-order valence-corrected chi connectivity index (χ1v) is 6.33. The molecule has 0 radical (unpaired) electrons. The van der Waals surface area contributed by atoms with E-state index in [1.54, 1.807) is 30.3 Å². The summed E-state index contributed by atoms with van der Waals surface area (Å²) in [4.78, 5) is 22.6. The highest BCUT2D eigenvalue weighted by Gasteiger charge is 2.20. The molecule has 7 nitrogen and oxygen atoms in total. The van der Waals surface area contributed by atoms with Gasteiger partial charge in [-0.05, 0) is 12.1 Å². The standard InChI is InChI=1S/C15H14N2O5/c1-21-13-9-12(17(19)20)14(22-2)8-11(13)16-15(18)10-6-4-3-5-7-10/h3-9H,1-2H3,(H,16,18). The van der Waals surface area contributed by atoms with Crippen LogP contribution in [0, 0.1) is 10.1 Å². The number of anilines is 1. The minimum Gasteiger partial charge on any atom is -0.494 e. The Bertz CT molecular complexity index is 701. The number of amides is 1. The molecule has 0 atom stereocenters. The summed E-state index contributed by atoms with van der Waals surface area (Å²) >= 11 is 0. The monoisotopic (exact) mass is 302 g/mol. The number of hydrogen-bond donors (Lipinski definition) is 1. The number of nitro groups is 1. The van der Waals surface area contributed by atoms with Crippen molar-refractivity contribution in [1.82, 2.24) is 0 Å². The maximum Gasteiger partial charge on any atom is 0.314 e. The quantitative estimate of drug-likeness (QED) is 0.677. The predicted octanol–water partition coefficient (Wildman–Crippen LogP) is 2.86. The van der Waals surface area contributed by atoms with E-state index in [4.69, 9.17) is 9.47 Å². The van der Waals surface area contributed by atoms with Gasteiger partial charge in [0, 0.05) is 11.6 Å². The van der Waals surface area contributed by atoms with Crippen LogP contribution in [-0.4, -0.2) is 25.1 Å². The molecule has 2 aromatic carbocycles. The minimum atomic E-state index is -0.579. The van der Waals surface area contributed by atoms with Gasteiger partial charge in [-0.15, -0.1) is 0 Å². The van der Waals surface area contributed by atoms with E-state index in [1.165, 1.54) is 26.4 Å². The highest BCUT2D eigenvalue weighted by Crippen LogP contribution is 2.37. The lowest BCUT2D eigenvalue weighted by atomic mass is 10.2. The molecule has 0 aliphatic heterocycles. The summed E-state index contributed by atoms with van der Waals surface area (Å²) in [5.74, 6) is -0.138. The number of nitro benzene ring substituents is 1. The molecule has 0 aliphatic rings. The molecule has 2 aromatic rings. The number of carbonyl (C=O) groups is 1. The Labute approximate surface area is 126 Å². The fraction of sp³-hybridized carbons (Fsp3) is 0.133. The summed E-state index contributed by atoms with van der Waals surface area (Å²) in [6, 6.07) is 11.2. The van der Waals surface area contributed by atoms with Gasteiger partial charge in [-0.1, -0.05) is 18.2 Å². The van der Waals surface area contributed by atoms with Gasteiger partial charge in [-0.2, -0.15) is 0 Å². The fourth-order valence-corrected chi connectivity index (χ4v) is 1.91.